The molecule has 1 atom stereocenters. The van der Waals surface area contributed by atoms with Crippen LogP contribution in [0.1, 0.15) is 6.92 Å². The first-order valence-corrected chi connectivity index (χ1v) is 2.68. The van der Waals surface area contributed by atoms with Crippen molar-refractivity contribution in [2.75, 3.05) is 6.61 Å². The second-order valence-corrected chi connectivity index (χ2v) is 2.09. The molecule has 0 saturated heterocycles. The van der Waals surface area contributed by atoms with E-state index in [4.69, 9.17) is 15.3 Å². The molecular weight excluding hydrogens is 156 g/mol. The summed E-state index contributed by atoms with van der Waals surface area (Å²) in [6.07, 6.45) is -1.82. The van der Waals surface area contributed by atoms with Crippen LogP contribution in [0.2, 0.25) is 0 Å². The van der Waals surface area contributed by atoms with Gasteiger partial charge in [-0.1, -0.05) is 0 Å². The average molecular weight is 164 g/mol. The lowest BCUT2D eigenvalue weighted by molar-refractivity contribution is -0.162. The zero-order valence-electron chi connectivity index (χ0n) is 5.77. The topological polar surface area (TPSA) is 104 Å². The molecular formula is C5H8O6. The van der Waals surface area contributed by atoms with Crippen LogP contribution in [0, 0.1) is 0 Å². The highest BCUT2D eigenvalue weighted by atomic mass is 16.7. The van der Waals surface area contributed by atoms with E-state index < -0.39 is 24.3 Å². The van der Waals surface area contributed by atoms with Crippen LogP contribution in [-0.4, -0.2) is 39.7 Å². The molecule has 0 aromatic carbocycles. The Hall–Kier alpha value is -1.14. The molecule has 0 amide bonds. The summed E-state index contributed by atoms with van der Waals surface area (Å²) in [5.41, 5.74) is -2.15. The highest BCUT2D eigenvalue weighted by molar-refractivity contribution is 5.86. The Kier molecular flexibility index (Phi) is 2.97. The lowest BCUT2D eigenvalue weighted by atomic mass is 10.1. The first-order valence-electron chi connectivity index (χ1n) is 2.68. The minimum atomic E-state index is -2.15. The average Bonchev–Trinajstić information content (AvgIpc) is 1.86. The van der Waals surface area contributed by atoms with Gasteiger partial charge < -0.3 is 20.1 Å². The van der Waals surface area contributed by atoms with Crippen molar-refractivity contribution in [3.05, 3.63) is 0 Å². The summed E-state index contributed by atoms with van der Waals surface area (Å²) in [5, 5.41) is 25.1. The van der Waals surface area contributed by atoms with Crippen molar-refractivity contribution in [3.8, 4) is 0 Å². The van der Waals surface area contributed by atoms with Crippen molar-refractivity contribution < 1.29 is 29.6 Å². The van der Waals surface area contributed by atoms with Crippen LogP contribution in [0.15, 0.2) is 0 Å². The van der Waals surface area contributed by atoms with Gasteiger partial charge in [-0.25, -0.2) is 9.59 Å². The van der Waals surface area contributed by atoms with E-state index in [0.29, 0.717) is 0 Å². The van der Waals surface area contributed by atoms with E-state index in [1.165, 1.54) is 0 Å². The van der Waals surface area contributed by atoms with Gasteiger partial charge in [0.1, 0.15) is 0 Å². The number of hydrogen-bond donors (Lipinski definition) is 3. The first kappa shape index (κ1) is 9.86. The van der Waals surface area contributed by atoms with Crippen LogP contribution < -0.4 is 0 Å². The van der Waals surface area contributed by atoms with Gasteiger partial charge in [-0.05, 0) is 6.92 Å². The summed E-state index contributed by atoms with van der Waals surface area (Å²) in [6.45, 7) is 0.0530. The van der Waals surface area contributed by atoms with Crippen LogP contribution in [0.3, 0.4) is 0 Å². The molecule has 0 aliphatic rings. The number of carboxylic acid groups (broad SMARTS) is 1. The van der Waals surface area contributed by atoms with E-state index in [1.807, 2.05) is 0 Å². The number of hydrogen-bond acceptors (Lipinski definition) is 5. The Morgan fingerprint density at radius 2 is 2.00 bits per heavy atom. The molecule has 0 spiro atoms. The summed E-state index contributed by atoms with van der Waals surface area (Å²) in [4.78, 5) is 20.2. The number of carbonyl (C=O) groups is 2. The van der Waals surface area contributed by atoms with Crippen LogP contribution in [0.25, 0.3) is 0 Å². The molecule has 11 heavy (non-hydrogen) atoms. The Bertz CT molecular complexity index is 172. The highest BCUT2D eigenvalue weighted by Gasteiger charge is 2.32. The largest absolute Gasteiger partial charge is 0.513 e. The van der Waals surface area contributed by atoms with Crippen molar-refractivity contribution in [3.63, 3.8) is 0 Å². The molecule has 0 radical (unpaired) electrons. The number of rotatable bonds is 2. The van der Waals surface area contributed by atoms with Gasteiger partial charge in [-0.2, -0.15) is 0 Å². The summed E-state index contributed by atoms with van der Waals surface area (Å²) >= 11 is 0. The SMILES string of the molecule is CC(O)(CO)C(=O)OC(=O)O. The normalized spacial score (nSPS) is 15.2. The van der Waals surface area contributed by atoms with E-state index in [9.17, 15) is 9.59 Å². The number of carbonyl (C=O) groups excluding carboxylic acids is 1. The van der Waals surface area contributed by atoms with E-state index in [2.05, 4.69) is 4.74 Å². The third-order valence-electron chi connectivity index (χ3n) is 0.928. The summed E-state index contributed by atoms with van der Waals surface area (Å²) in [5.74, 6) is -1.40. The van der Waals surface area contributed by atoms with Crippen LogP contribution in [-0.2, 0) is 9.53 Å². The van der Waals surface area contributed by atoms with Gasteiger partial charge in [-0.3, -0.25) is 0 Å². The zero-order chi connectivity index (χ0) is 9.07. The lowest BCUT2D eigenvalue weighted by Crippen LogP contribution is -2.41. The Balaban J connectivity index is 4.13. The second-order valence-electron chi connectivity index (χ2n) is 2.09. The number of aliphatic hydroxyl groups excluding tert-OH is 1. The molecule has 0 fully saturated rings. The highest BCUT2D eigenvalue weighted by Crippen LogP contribution is 2.03. The maximum Gasteiger partial charge on any atom is 0.513 e. The predicted octanol–water partition coefficient (Wildman–Crippen LogP) is -1.05. The summed E-state index contributed by atoms with van der Waals surface area (Å²) < 4.78 is 3.57. The second kappa shape index (κ2) is 3.31. The Morgan fingerprint density at radius 3 is 2.27 bits per heavy atom. The minimum Gasteiger partial charge on any atom is -0.449 e. The summed E-state index contributed by atoms with van der Waals surface area (Å²) in [6, 6.07) is 0. The van der Waals surface area contributed by atoms with Crippen LogP contribution in [0.5, 0.6) is 0 Å². The molecule has 6 nitrogen and oxygen atoms in total. The molecule has 0 aromatic heterocycles. The molecule has 1 unspecified atom stereocenters. The molecule has 0 saturated carbocycles. The van der Waals surface area contributed by atoms with Crippen molar-refractivity contribution in [1.29, 1.82) is 0 Å². The quantitative estimate of drug-likeness (QED) is 0.355. The third-order valence-corrected chi connectivity index (χ3v) is 0.928. The Labute approximate surface area is 62.0 Å². The molecule has 64 valence electrons. The van der Waals surface area contributed by atoms with Gasteiger partial charge in [0.2, 0.25) is 0 Å². The monoisotopic (exact) mass is 164 g/mol. The molecule has 0 rings (SSSR count). The van der Waals surface area contributed by atoms with E-state index in [1.54, 1.807) is 0 Å². The van der Waals surface area contributed by atoms with Crippen molar-refractivity contribution in [1.82, 2.24) is 0 Å². The van der Waals surface area contributed by atoms with Gasteiger partial charge in [-0.15, -0.1) is 0 Å². The minimum absolute atomic E-state index is 0.890. The number of aliphatic hydroxyl groups is 2. The van der Waals surface area contributed by atoms with Gasteiger partial charge in [0.05, 0.1) is 6.61 Å². The maximum absolute atomic E-state index is 10.5. The van der Waals surface area contributed by atoms with Gasteiger partial charge in [0.25, 0.3) is 0 Å². The molecule has 6 heteroatoms. The lowest BCUT2D eigenvalue weighted by Gasteiger charge is -2.15. The fourth-order valence-electron chi connectivity index (χ4n) is 0.254. The standard InChI is InChI=1S/C5H8O6/c1-5(10,2-6)3(7)11-4(8)9/h6,10H,2H2,1H3,(H,8,9). The van der Waals surface area contributed by atoms with Crippen molar-refractivity contribution in [2.45, 2.75) is 12.5 Å². The van der Waals surface area contributed by atoms with Crippen LogP contribution in [0.4, 0.5) is 4.79 Å². The van der Waals surface area contributed by atoms with Crippen molar-refractivity contribution >= 4 is 12.1 Å². The van der Waals surface area contributed by atoms with Gasteiger partial charge in [0, 0.05) is 0 Å². The number of ether oxygens (including phenoxy) is 1. The van der Waals surface area contributed by atoms with Crippen LogP contribution >= 0.6 is 0 Å². The molecule has 0 aliphatic heterocycles. The summed E-state index contributed by atoms with van der Waals surface area (Å²) in [7, 11) is 0. The predicted molar refractivity (Wildman–Crippen MR) is 31.8 cm³/mol. The fraction of sp³-hybridized carbons (Fsp3) is 0.600. The fourth-order valence-corrected chi connectivity index (χ4v) is 0.254. The van der Waals surface area contributed by atoms with Gasteiger partial charge in [0.15, 0.2) is 5.60 Å². The number of esters is 1. The third kappa shape index (κ3) is 2.96. The Morgan fingerprint density at radius 1 is 1.55 bits per heavy atom. The first-order chi connectivity index (χ1) is 4.90. The molecule has 0 aromatic rings. The zero-order valence-corrected chi connectivity index (χ0v) is 5.77. The smallest absolute Gasteiger partial charge is 0.449 e. The van der Waals surface area contributed by atoms with Crippen molar-refractivity contribution in [2.24, 2.45) is 0 Å². The van der Waals surface area contributed by atoms with E-state index in [0.717, 1.165) is 6.92 Å². The maximum atomic E-state index is 10.5. The van der Waals surface area contributed by atoms with E-state index in [-0.39, 0.29) is 0 Å². The molecule has 0 heterocycles. The van der Waals surface area contributed by atoms with E-state index >= 15 is 0 Å². The molecule has 0 bridgehead atoms. The van der Waals surface area contributed by atoms with Gasteiger partial charge >= 0.3 is 12.1 Å². The molecule has 0 aliphatic carbocycles. The molecule has 3 N–H and O–H groups in total.